The summed E-state index contributed by atoms with van der Waals surface area (Å²) in [6, 6.07) is 1.77. The van der Waals surface area contributed by atoms with Crippen LogP contribution in [-0.4, -0.2) is 32.9 Å². The molecule has 0 saturated carbocycles. The van der Waals surface area contributed by atoms with E-state index in [-0.39, 0.29) is 11.7 Å². The minimum atomic E-state index is -1.80. The number of aromatic nitrogens is 2. The van der Waals surface area contributed by atoms with Gasteiger partial charge in [-0.1, -0.05) is 0 Å². The first-order valence-electron chi connectivity index (χ1n) is 5.81. The third-order valence-corrected chi connectivity index (χ3v) is 3.25. The molecule has 0 bridgehead atoms. The smallest absolute Gasteiger partial charge is 0.306 e. The fourth-order valence-electron chi connectivity index (χ4n) is 1.17. The summed E-state index contributed by atoms with van der Waals surface area (Å²) in [4.78, 5) is 19.1. The molecule has 0 atom stereocenters. The molecule has 0 fully saturated rings. The van der Waals surface area contributed by atoms with Crippen LogP contribution in [0.4, 0.5) is 0 Å². The number of nitrogens with zero attached hydrogens (tertiary/aromatic N) is 2. The number of carbonyl (C=O) groups is 1. The summed E-state index contributed by atoms with van der Waals surface area (Å²) in [5.74, 6) is 0.416. The summed E-state index contributed by atoms with van der Waals surface area (Å²) < 4.78 is 11.5. The molecule has 0 aromatic carbocycles. The second-order valence-electron chi connectivity index (χ2n) is 5.96. The minimum Gasteiger partial charge on any atom is -0.531 e. The summed E-state index contributed by atoms with van der Waals surface area (Å²) in [6.45, 7) is 12.2. The highest BCUT2D eigenvalue weighted by Crippen LogP contribution is 2.19. The van der Waals surface area contributed by atoms with Gasteiger partial charge in [-0.25, -0.2) is 0 Å². The number of rotatable bonds is 5. The van der Waals surface area contributed by atoms with Gasteiger partial charge in [0.05, 0.1) is 0 Å². The molecular formula is C11H20N2O3Si2. The predicted molar refractivity (Wildman–Crippen MR) is 75.4 cm³/mol. The van der Waals surface area contributed by atoms with Gasteiger partial charge >= 0.3 is 6.01 Å². The van der Waals surface area contributed by atoms with Crippen LogP contribution in [0.5, 0.6) is 11.9 Å². The van der Waals surface area contributed by atoms with Crippen LogP contribution < -0.4 is 8.85 Å². The van der Waals surface area contributed by atoms with Crippen molar-refractivity contribution in [2.45, 2.75) is 39.3 Å². The van der Waals surface area contributed by atoms with E-state index >= 15 is 0 Å². The Bertz CT molecular complexity index is 405. The number of hydrogen-bond donors (Lipinski definition) is 0. The maximum absolute atomic E-state index is 10.9. The first-order valence-corrected chi connectivity index (χ1v) is 12.6. The van der Waals surface area contributed by atoms with Gasteiger partial charge in [-0.3, -0.25) is 4.79 Å². The van der Waals surface area contributed by atoms with Crippen molar-refractivity contribution < 1.29 is 13.6 Å². The van der Waals surface area contributed by atoms with Crippen LogP contribution >= 0.6 is 0 Å². The Balaban J connectivity index is 3.05. The molecular weight excluding hydrogens is 264 g/mol. The molecule has 0 N–H and O–H groups in total. The highest BCUT2D eigenvalue weighted by molar-refractivity contribution is 6.70. The zero-order valence-electron chi connectivity index (χ0n) is 11.8. The van der Waals surface area contributed by atoms with E-state index in [4.69, 9.17) is 8.85 Å². The molecule has 0 aliphatic rings. The van der Waals surface area contributed by atoms with E-state index < -0.39 is 16.6 Å². The zero-order chi connectivity index (χ0) is 14.0. The lowest BCUT2D eigenvalue weighted by atomic mass is 10.4. The van der Waals surface area contributed by atoms with Gasteiger partial charge in [-0.05, 0) is 39.3 Å². The third-order valence-electron chi connectivity index (χ3n) is 1.63. The molecule has 0 saturated heterocycles. The first kappa shape index (κ1) is 14.8. The molecule has 5 nitrogen and oxygen atoms in total. The van der Waals surface area contributed by atoms with Crippen molar-refractivity contribution >= 4 is 22.9 Å². The second kappa shape index (κ2) is 5.19. The normalized spacial score (nSPS) is 12.1. The SMILES string of the molecule is C[Si](C)(C)Oc1cc(C=O)nc(O[Si](C)(C)C)n1. The Morgan fingerprint density at radius 1 is 1.00 bits per heavy atom. The van der Waals surface area contributed by atoms with E-state index in [1.54, 1.807) is 6.07 Å². The van der Waals surface area contributed by atoms with Crippen LogP contribution in [0.2, 0.25) is 39.3 Å². The van der Waals surface area contributed by atoms with Crippen molar-refractivity contribution in [3.05, 3.63) is 11.8 Å². The monoisotopic (exact) mass is 284 g/mol. The van der Waals surface area contributed by atoms with Crippen molar-refractivity contribution in [3.8, 4) is 11.9 Å². The Hall–Kier alpha value is -1.22. The Labute approximate surface area is 110 Å². The van der Waals surface area contributed by atoms with Crippen molar-refractivity contribution in [2.75, 3.05) is 0 Å². The molecule has 1 aromatic rings. The molecule has 0 aliphatic carbocycles. The average Bonchev–Trinajstić information content (AvgIpc) is 2.11. The molecule has 0 spiro atoms. The standard InChI is InChI=1S/C11H20N2O3Si2/c1-17(2,3)15-10-7-9(8-14)12-11(13-10)16-18(4,5)6/h7-8H,1-6H3. The highest BCUT2D eigenvalue weighted by Gasteiger charge is 2.21. The van der Waals surface area contributed by atoms with Gasteiger partial charge in [-0.15, -0.1) is 0 Å². The summed E-state index contributed by atoms with van der Waals surface area (Å²) in [7, 11) is -3.57. The van der Waals surface area contributed by atoms with Gasteiger partial charge in [-0.2, -0.15) is 9.97 Å². The van der Waals surface area contributed by atoms with Crippen molar-refractivity contribution in [2.24, 2.45) is 0 Å². The molecule has 100 valence electrons. The van der Waals surface area contributed by atoms with Gasteiger partial charge in [0, 0.05) is 6.07 Å². The third kappa shape index (κ3) is 5.41. The zero-order valence-corrected chi connectivity index (χ0v) is 13.8. The maximum atomic E-state index is 10.9. The first-order chi connectivity index (χ1) is 8.09. The molecule has 0 aliphatic heterocycles. The Morgan fingerprint density at radius 3 is 2.00 bits per heavy atom. The van der Waals surface area contributed by atoms with Gasteiger partial charge in [0.15, 0.2) is 6.29 Å². The molecule has 7 heteroatoms. The van der Waals surface area contributed by atoms with Crippen molar-refractivity contribution in [3.63, 3.8) is 0 Å². The summed E-state index contributed by atoms with van der Waals surface area (Å²) in [5.41, 5.74) is 0.284. The lowest BCUT2D eigenvalue weighted by molar-refractivity contribution is 0.111. The lowest BCUT2D eigenvalue weighted by Crippen LogP contribution is -2.32. The number of aldehydes is 1. The molecule has 18 heavy (non-hydrogen) atoms. The van der Waals surface area contributed by atoms with Crippen LogP contribution in [0.3, 0.4) is 0 Å². The molecule has 0 unspecified atom stereocenters. The Morgan fingerprint density at radius 2 is 1.56 bits per heavy atom. The van der Waals surface area contributed by atoms with Gasteiger partial charge < -0.3 is 8.85 Å². The predicted octanol–water partition coefficient (Wildman–Crippen LogP) is 2.72. The minimum absolute atomic E-state index is 0.229. The van der Waals surface area contributed by atoms with E-state index in [2.05, 4.69) is 29.6 Å². The molecule has 0 amide bonds. The molecule has 1 heterocycles. The fourth-order valence-corrected chi connectivity index (χ4v) is 2.54. The van der Waals surface area contributed by atoms with Crippen LogP contribution in [0.25, 0.3) is 0 Å². The summed E-state index contributed by atoms with van der Waals surface area (Å²) in [5, 5.41) is 0. The van der Waals surface area contributed by atoms with Gasteiger partial charge in [0.25, 0.3) is 0 Å². The quantitative estimate of drug-likeness (QED) is 0.614. The second-order valence-corrected chi connectivity index (χ2v) is 14.8. The van der Waals surface area contributed by atoms with E-state index in [9.17, 15) is 4.79 Å². The molecule has 1 rings (SSSR count). The topological polar surface area (TPSA) is 61.3 Å². The number of hydrogen-bond acceptors (Lipinski definition) is 5. The van der Waals surface area contributed by atoms with E-state index in [0.717, 1.165) is 0 Å². The average molecular weight is 284 g/mol. The maximum Gasteiger partial charge on any atom is 0.306 e. The number of carbonyl (C=O) groups excluding carboxylic acids is 1. The van der Waals surface area contributed by atoms with Crippen molar-refractivity contribution in [1.82, 2.24) is 9.97 Å². The summed E-state index contributed by atoms with van der Waals surface area (Å²) in [6.07, 6.45) is 0.676. The van der Waals surface area contributed by atoms with Crippen LogP contribution in [-0.2, 0) is 0 Å². The molecule has 0 radical (unpaired) electrons. The largest absolute Gasteiger partial charge is 0.531 e. The van der Waals surface area contributed by atoms with E-state index in [1.807, 2.05) is 19.6 Å². The fraction of sp³-hybridized carbons (Fsp3) is 0.545. The van der Waals surface area contributed by atoms with Gasteiger partial charge in [0.2, 0.25) is 22.5 Å². The van der Waals surface area contributed by atoms with E-state index in [1.165, 1.54) is 0 Å². The summed E-state index contributed by atoms with van der Waals surface area (Å²) >= 11 is 0. The van der Waals surface area contributed by atoms with Gasteiger partial charge in [0.1, 0.15) is 5.69 Å². The van der Waals surface area contributed by atoms with Crippen LogP contribution in [0, 0.1) is 0 Å². The lowest BCUT2D eigenvalue weighted by Gasteiger charge is -2.21. The molecule has 1 aromatic heterocycles. The van der Waals surface area contributed by atoms with Crippen LogP contribution in [0.15, 0.2) is 6.07 Å². The van der Waals surface area contributed by atoms with Crippen molar-refractivity contribution in [1.29, 1.82) is 0 Å². The van der Waals surface area contributed by atoms with Crippen LogP contribution in [0.1, 0.15) is 10.5 Å². The highest BCUT2D eigenvalue weighted by atomic mass is 28.4. The Kier molecular flexibility index (Phi) is 4.28. The van der Waals surface area contributed by atoms with E-state index in [0.29, 0.717) is 12.2 Å².